The van der Waals surface area contributed by atoms with Crippen molar-refractivity contribution in [1.29, 1.82) is 0 Å². The van der Waals surface area contributed by atoms with E-state index in [-0.39, 0.29) is 5.82 Å². The molecule has 0 atom stereocenters. The van der Waals surface area contributed by atoms with Crippen molar-refractivity contribution in [2.24, 2.45) is 5.92 Å². The maximum absolute atomic E-state index is 12.9. The van der Waals surface area contributed by atoms with Gasteiger partial charge < -0.3 is 10.1 Å². The van der Waals surface area contributed by atoms with Crippen LogP contribution in [0.15, 0.2) is 46.9 Å². The molecule has 0 bridgehead atoms. The van der Waals surface area contributed by atoms with Gasteiger partial charge in [-0.05, 0) is 55.5 Å². The summed E-state index contributed by atoms with van der Waals surface area (Å²) in [6.07, 6.45) is -0.716. The lowest BCUT2D eigenvalue weighted by Crippen LogP contribution is -2.14. The van der Waals surface area contributed by atoms with E-state index in [2.05, 4.69) is 43.5 Å². The number of benzene rings is 1. The minimum Gasteiger partial charge on any atom is -0.381 e. The zero-order valence-electron chi connectivity index (χ0n) is 19.8. The first-order valence-electron chi connectivity index (χ1n) is 11.1. The third-order valence-electron chi connectivity index (χ3n) is 5.03. The molecular formula is C24H29BrF3N5O2. The average Bonchev–Trinajstić information content (AvgIpc) is 3.31. The third kappa shape index (κ3) is 9.41. The quantitative estimate of drug-likeness (QED) is 0.399. The van der Waals surface area contributed by atoms with Crippen molar-refractivity contribution in [3.63, 3.8) is 0 Å². The van der Waals surface area contributed by atoms with Gasteiger partial charge in [0.1, 0.15) is 17.8 Å². The first-order valence-corrected chi connectivity index (χ1v) is 11.9. The molecule has 1 aliphatic heterocycles. The first kappa shape index (κ1) is 28.4. The van der Waals surface area contributed by atoms with Crippen LogP contribution in [0.2, 0.25) is 0 Å². The molecule has 0 amide bonds. The summed E-state index contributed by atoms with van der Waals surface area (Å²) in [7, 11) is 1.65. The van der Waals surface area contributed by atoms with Gasteiger partial charge in [-0.1, -0.05) is 41.9 Å². The van der Waals surface area contributed by atoms with Crippen LogP contribution in [0.3, 0.4) is 0 Å². The van der Waals surface area contributed by atoms with Crippen LogP contribution in [-0.2, 0) is 17.3 Å². The van der Waals surface area contributed by atoms with Crippen molar-refractivity contribution in [2.45, 2.75) is 39.3 Å². The van der Waals surface area contributed by atoms with E-state index < -0.39 is 11.9 Å². The Labute approximate surface area is 211 Å². The van der Waals surface area contributed by atoms with Gasteiger partial charge in [0.25, 0.3) is 0 Å². The van der Waals surface area contributed by atoms with E-state index in [1.165, 1.54) is 25.0 Å². The summed E-state index contributed by atoms with van der Waals surface area (Å²) in [4.78, 5) is 10.1. The fourth-order valence-corrected chi connectivity index (χ4v) is 3.36. The van der Waals surface area contributed by atoms with Crippen LogP contribution in [0.4, 0.5) is 19.0 Å². The number of carbonyl (C=O) groups excluding carboxylic acids is 1. The Morgan fingerprint density at radius 1 is 1.17 bits per heavy atom. The highest BCUT2D eigenvalue weighted by atomic mass is 79.9. The van der Waals surface area contributed by atoms with Crippen LogP contribution in [0.5, 0.6) is 0 Å². The third-order valence-corrected chi connectivity index (χ3v) is 5.52. The molecule has 0 saturated carbocycles. The van der Waals surface area contributed by atoms with Crippen LogP contribution in [0.1, 0.15) is 48.4 Å². The van der Waals surface area contributed by atoms with Gasteiger partial charge in [-0.3, -0.25) is 4.79 Å². The van der Waals surface area contributed by atoms with Gasteiger partial charge in [0, 0.05) is 30.3 Å². The lowest BCUT2D eigenvalue weighted by Gasteiger charge is -2.16. The molecule has 35 heavy (non-hydrogen) atoms. The Morgan fingerprint density at radius 2 is 1.89 bits per heavy atom. The van der Waals surface area contributed by atoms with Gasteiger partial charge in [-0.2, -0.15) is 18.3 Å². The average molecular weight is 556 g/mol. The number of rotatable bonds is 4. The highest BCUT2D eigenvalue weighted by molar-refractivity contribution is 9.10. The lowest BCUT2D eigenvalue weighted by atomic mass is 10.0. The number of hydrogen-bond acceptors (Lipinski definition) is 6. The Kier molecular flexibility index (Phi) is 11.3. The smallest absolute Gasteiger partial charge is 0.381 e. The summed E-state index contributed by atoms with van der Waals surface area (Å²) >= 11 is 3.24. The topological polar surface area (TPSA) is 81.9 Å². The Balaban J connectivity index is 0.000000222. The predicted octanol–water partition coefficient (Wildman–Crippen LogP) is 5.98. The van der Waals surface area contributed by atoms with E-state index in [9.17, 15) is 18.0 Å². The van der Waals surface area contributed by atoms with E-state index >= 15 is 0 Å². The second-order valence-electron chi connectivity index (χ2n) is 7.78. The number of aryl methyl sites for hydroxylation is 1. The van der Waals surface area contributed by atoms with Gasteiger partial charge >= 0.3 is 6.18 Å². The molecule has 1 aliphatic rings. The van der Waals surface area contributed by atoms with Gasteiger partial charge in [-0.15, -0.1) is 10.2 Å². The van der Waals surface area contributed by atoms with Crippen LogP contribution >= 0.6 is 15.9 Å². The first-order chi connectivity index (χ1) is 16.7. The molecule has 3 aromatic rings. The van der Waals surface area contributed by atoms with Gasteiger partial charge in [-0.25, -0.2) is 4.68 Å². The number of anilines is 1. The molecule has 4 rings (SSSR count). The van der Waals surface area contributed by atoms with E-state index in [1.54, 1.807) is 26.1 Å². The Hall–Kier alpha value is -2.79. The van der Waals surface area contributed by atoms with Crippen molar-refractivity contribution in [3.8, 4) is 5.82 Å². The SMILES string of the molecule is CC1CCOCC1.CCc1cc(C(F)(F)F)n(-c2ccc(NC)nn2)n1.O=Cc1cccc(Br)c1. The molecular weight excluding hydrogens is 527 g/mol. The van der Waals surface area contributed by atoms with E-state index in [4.69, 9.17) is 4.74 Å². The van der Waals surface area contributed by atoms with Crippen LogP contribution in [0.25, 0.3) is 5.82 Å². The summed E-state index contributed by atoms with van der Waals surface area (Å²) in [6, 6.07) is 11.2. The highest BCUT2D eigenvalue weighted by Crippen LogP contribution is 2.31. The number of nitrogens with one attached hydrogen (secondary N) is 1. The summed E-state index contributed by atoms with van der Waals surface area (Å²) in [6.45, 7) is 5.99. The molecule has 1 fully saturated rings. The van der Waals surface area contributed by atoms with E-state index in [0.717, 1.165) is 40.6 Å². The molecule has 0 radical (unpaired) electrons. The van der Waals surface area contributed by atoms with Crippen LogP contribution < -0.4 is 5.32 Å². The zero-order valence-corrected chi connectivity index (χ0v) is 21.4. The number of hydrogen-bond donors (Lipinski definition) is 1. The fraction of sp³-hybridized carbons (Fsp3) is 0.417. The molecule has 1 N–H and O–H groups in total. The molecule has 0 unspecified atom stereocenters. The number of halogens is 4. The van der Waals surface area contributed by atoms with Crippen molar-refractivity contribution in [1.82, 2.24) is 20.0 Å². The Morgan fingerprint density at radius 3 is 2.31 bits per heavy atom. The van der Waals surface area contributed by atoms with Gasteiger partial charge in [0.2, 0.25) is 0 Å². The largest absolute Gasteiger partial charge is 0.433 e. The van der Waals surface area contributed by atoms with Crippen molar-refractivity contribution in [3.05, 3.63) is 63.9 Å². The van der Waals surface area contributed by atoms with Crippen molar-refractivity contribution < 1.29 is 22.7 Å². The molecule has 11 heteroatoms. The molecule has 190 valence electrons. The Bertz CT molecular complexity index is 1050. The molecule has 1 saturated heterocycles. The lowest BCUT2D eigenvalue weighted by molar-refractivity contribution is -0.142. The number of ether oxygens (including phenoxy) is 1. The second-order valence-corrected chi connectivity index (χ2v) is 8.69. The van der Waals surface area contributed by atoms with Crippen molar-refractivity contribution in [2.75, 3.05) is 25.6 Å². The predicted molar refractivity (Wildman–Crippen MR) is 132 cm³/mol. The number of alkyl halides is 3. The zero-order chi connectivity index (χ0) is 25.8. The van der Waals surface area contributed by atoms with Gasteiger partial charge in [0.15, 0.2) is 5.82 Å². The summed E-state index contributed by atoms with van der Waals surface area (Å²) < 4.78 is 45.6. The number of nitrogens with zero attached hydrogens (tertiary/aromatic N) is 4. The molecule has 2 aromatic heterocycles. The van der Waals surface area contributed by atoms with Crippen molar-refractivity contribution >= 4 is 28.0 Å². The van der Waals surface area contributed by atoms with Gasteiger partial charge in [0.05, 0.1) is 5.69 Å². The second kappa shape index (κ2) is 13.9. The molecule has 0 aliphatic carbocycles. The molecule has 0 spiro atoms. The van der Waals surface area contributed by atoms with E-state index in [0.29, 0.717) is 23.5 Å². The maximum Gasteiger partial charge on any atom is 0.433 e. The number of carbonyl (C=O) groups is 1. The summed E-state index contributed by atoms with van der Waals surface area (Å²) in [5, 5.41) is 14.1. The summed E-state index contributed by atoms with van der Waals surface area (Å²) in [5.74, 6) is 1.42. The summed E-state index contributed by atoms with van der Waals surface area (Å²) in [5.41, 5.74) is 0.201. The molecule has 1 aromatic carbocycles. The standard InChI is InChI=1S/C11H12F3N5.C7H5BrO.C6H12O/c1-3-7-6-8(11(12,13)14)19(18-7)10-5-4-9(15-2)16-17-10;8-7-3-1-2-6(4-7)5-9;1-6-2-4-7-5-3-6/h4-6H,3H2,1-2H3,(H,15,16);1-5H;6H,2-5H2,1H3. The maximum atomic E-state index is 12.9. The monoisotopic (exact) mass is 555 g/mol. The number of aromatic nitrogens is 4. The minimum atomic E-state index is -4.48. The molecule has 7 nitrogen and oxygen atoms in total. The fourth-order valence-electron chi connectivity index (χ4n) is 2.95. The van der Waals surface area contributed by atoms with E-state index in [1.807, 2.05) is 12.1 Å². The molecule has 3 heterocycles. The van der Waals surface area contributed by atoms with Crippen LogP contribution in [-0.4, -0.2) is 46.5 Å². The normalized spacial score (nSPS) is 13.7. The minimum absolute atomic E-state index is 0.0334. The van der Waals surface area contributed by atoms with Crippen LogP contribution in [0, 0.1) is 5.92 Å². The number of aldehydes is 1. The highest BCUT2D eigenvalue weighted by Gasteiger charge is 2.36.